The van der Waals surface area contributed by atoms with Crippen molar-refractivity contribution >= 4 is 12.1 Å². The molecule has 110 valence electrons. The summed E-state index contributed by atoms with van der Waals surface area (Å²) in [4.78, 5) is 23.2. The van der Waals surface area contributed by atoms with Crippen LogP contribution < -0.4 is 0 Å². The Balaban J connectivity index is 2.39. The van der Waals surface area contributed by atoms with Crippen LogP contribution in [0.5, 0.6) is 0 Å². The van der Waals surface area contributed by atoms with Crippen LogP contribution in [-0.2, 0) is 4.74 Å². The van der Waals surface area contributed by atoms with Gasteiger partial charge in [0.2, 0.25) is 0 Å². The van der Waals surface area contributed by atoms with Gasteiger partial charge in [0.15, 0.2) is 0 Å². The lowest BCUT2D eigenvalue weighted by Crippen LogP contribution is -2.27. The van der Waals surface area contributed by atoms with Crippen molar-refractivity contribution in [3.8, 4) is 11.3 Å². The molecule has 21 heavy (non-hydrogen) atoms. The minimum atomic E-state index is -1.01. The normalized spacial score (nSPS) is 11.2. The number of aromatic carboxylic acids is 1. The predicted molar refractivity (Wildman–Crippen MR) is 78.5 cm³/mol. The molecule has 0 aliphatic heterocycles. The number of ether oxygens (including phenoxy) is 1. The van der Waals surface area contributed by atoms with Crippen LogP contribution in [0.15, 0.2) is 42.6 Å². The molecule has 1 heterocycles. The lowest BCUT2D eigenvalue weighted by Gasteiger charge is -2.20. The van der Waals surface area contributed by atoms with Gasteiger partial charge in [0.25, 0.3) is 0 Å². The summed E-state index contributed by atoms with van der Waals surface area (Å²) in [6.45, 7) is 5.37. The summed E-state index contributed by atoms with van der Waals surface area (Å²) in [6, 6.07) is 9.89. The van der Waals surface area contributed by atoms with E-state index >= 15 is 0 Å². The molecule has 5 nitrogen and oxygen atoms in total. The van der Waals surface area contributed by atoms with Crippen molar-refractivity contribution in [3.63, 3.8) is 0 Å². The molecule has 0 saturated heterocycles. The van der Waals surface area contributed by atoms with Gasteiger partial charge in [0.05, 0.1) is 11.3 Å². The highest BCUT2D eigenvalue weighted by Gasteiger charge is 2.20. The molecular weight excluding hydrogens is 270 g/mol. The van der Waals surface area contributed by atoms with E-state index in [4.69, 9.17) is 9.84 Å². The SMILES string of the molecule is CC(C)(C)OC(=O)n1cccc1-c1cccc(C(=O)O)c1. The maximum atomic E-state index is 12.2. The molecule has 0 aliphatic carbocycles. The molecule has 1 aromatic heterocycles. The number of nitrogens with zero attached hydrogens (tertiary/aromatic N) is 1. The molecule has 0 bridgehead atoms. The van der Waals surface area contributed by atoms with Crippen LogP contribution in [0.25, 0.3) is 11.3 Å². The summed E-state index contributed by atoms with van der Waals surface area (Å²) in [7, 11) is 0. The zero-order chi connectivity index (χ0) is 15.6. The van der Waals surface area contributed by atoms with Gasteiger partial charge < -0.3 is 9.84 Å². The van der Waals surface area contributed by atoms with Crippen LogP contribution in [0.3, 0.4) is 0 Å². The molecule has 0 spiro atoms. The average Bonchev–Trinajstić information content (AvgIpc) is 2.86. The van der Waals surface area contributed by atoms with Crippen molar-refractivity contribution in [2.45, 2.75) is 26.4 Å². The van der Waals surface area contributed by atoms with E-state index in [1.807, 2.05) is 0 Å². The third-order valence-corrected chi connectivity index (χ3v) is 2.74. The van der Waals surface area contributed by atoms with Crippen molar-refractivity contribution in [1.82, 2.24) is 4.57 Å². The van der Waals surface area contributed by atoms with Crippen LogP contribution in [0.4, 0.5) is 4.79 Å². The van der Waals surface area contributed by atoms with Gasteiger partial charge in [0.1, 0.15) is 5.60 Å². The number of carbonyl (C=O) groups is 2. The fourth-order valence-corrected chi connectivity index (χ4v) is 1.90. The Morgan fingerprint density at radius 2 is 1.86 bits per heavy atom. The highest BCUT2D eigenvalue weighted by molar-refractivity contribution is 5.89. The molecule has 0 radical (unpaired) electrons. The third kappa shape index (κ3) is 3.51. The molecule has 0 unspecified atom stereocenters. The second-order valence-electron chi connectivity index (χ2n) is 5.63. The maximum absolute atomic E-state index is 12.2. The van der Waals surface area contributed by atoms with E-state index in [-0.39, 0.29) is 5.56 Å². The number of carboxylic acids is 1. The van der Waals surface area contributed by atoms with E-state index in [0.29, 0.717) is 11.3 Å². The summed E-state index contributed by atoms with van der Waals surface area (Å²) in [6.07, 6.45) is 1.10. The Morgan fingerprint density at radius 3 is 2.48 bits per heavy atom. The summed E-state index contributed by atoms with van der Waals surface area (Å²) in [5.74, 6) is -1.01. The standard InChI is InChI=1S/C16H17NO4/c1-16(2,3)21-15(20)17-9-5-8-13(17)11-6-4-7-12(10-11)14(18)19/h4-10H,1-3H3,(H,18,19). The van der Waals surface area contributed by atoms with E-state index in [2.05, 4.69) is 0 Å². The molecule has 0 saturated carbocycles. The molecule has 2 aromatic rings. The molecule has 1 N–H and O–H groups in total. The Labute approximate surface area is 122 Å². The highest BCUT2D eigenvalue weighted by atomic mass is 16.6. The van der Waals surface area contributed by atoms with Gasteiger partial charge in [-0.2, -0.15) is 0 Å². The first-order chi connectivity index (χ1) is 9.78. The van der Waals surface area contributed by atoms with E-state index in [1.165, 1.54) is 16.7 Å². The number of benzene rings is 1. The van der Waals surface area contributed by atoms with Crippen molar-refractivity contribution in [3.05, 3.63) is 48.2 Å². The number of rotatable bonds is 2. The fraction of sp³-hybridized carbons (Fsp3) is 0.250. The van der Waals surface area contributed by atoms with Crippen LogP contribution in [0.2, 0.25) is 0 Å². The summed E-state index contributed by atoms with van der Waals surface area (Å²) in [5.41, 5.74) is 0.809. The first-order valence-corrected chi connectivity index (χ1v) is 6.52. The van der Waals surface area contributed by atoms with Crippen molar-refractivity contribution in [1.29, 1.82) is 0 Å². The monoisotopic (exact) mass is 287 g/mol. The number of hydrogen-bond acceptors (Lipinski definition) is 3. The molecule has 0 amide bonds. The molecular formula is C16H17NO4. The van der Waals surface area contributed by atoms with Gasteiger partial charge in [-0.15, -0.1) is 0 Å². The predicted octanol–water partition coefficient (Wildman–Crippen LogP) is 3.64. The number of aromatic nitrogens is 1. The van der Waals surface area contributed by atoms with E-state index in [1.54, 1.807) is 51.2 Å². The van der Waals surface area contributed by atoms with Gasteiger partial charge in [0, 0.05) is 6.20 Å². The van der Waals surface area contributed by atoms with Crippen molar-refractivity contribution < 1.29 is 19.4 Å². The van der Waals surface area contributed by atoms with E-state index < -0.39 is 17.7 Å². The Kier molecular flexibility index (Phi) is 3.84. The summed E-state index contributed by atoms with van der Waals surface area (Å²) in [5, 5.41) is 9.04. The molecule has 0 aliphatic rings. The smallest absolute Gasteiger partial charge is 0.418 e. The Bertz CT molecular complexity index is 680. The molecule has 0 atom stereocenters. The first-order valence-electron chi connectivity index (χ1n) is 6.52. The quantitative estimate of drug-likeness (QED) is 0.915. The summed E-state index contributed by atoms with van der Waals surface area (Å²) < 4.78 is 6.70. The lowest BCUT2D eigenvalue weighted by molar-refractivity contribution is 0.0539. The average molecular weight is 287 g/mol. The molecule has 0 fully saturated rings. The second kappa shape index (κ2) is 5.44. The lowest BCUT2D eigenvalue weighted by atomic mass is 10.1. The molecule has 2 rings (SSSR count). The van der Waals surface area contributed by atoms with E-state index in [0.717, 1.165) is 0 Å². The van der Waals surface area contributed by atoms with E-state index in [9.17, 15) is 9.59 Å². The fourth-order valence-electron chi connectivity index (χ4n) is 1.90. The zero-order valence-corrected chi connectivity index (χ0v) is 12.2. The van der Waals surface area contributed by atoms with Crippen LogP contribution in [0.1, 0.15) is 31.1 Å². The van der Waals surface area contributed by atoms with Crippen molar-refractivity contribution in [2.75, 3.05) is 0 Å². The van der Waals surface area contributed by atoms with Crippen LogP contribution in [-0.4, -0.2) is 27.3 Å². The van der Waals surface area contributed by atoms with Gasteiger partial charge in [-0.05, 0) is 50.6 Å². The number of carbonyl (C=O) groups excluding carboxylic acids is 1. The van der Waals surface area contributed by atoms with Crippen molar-refractivity contribution in [2.24, 2.45) is 0 Å². The Hall–Kier alpha value is -2.56. The highest BCUT2D eigenvalue weighted by Crippen LogP contribution is 2.22. The first kappa shape index (κ1) is 14.8. The van der Waals surface area contributed by atoms with Gasteiger partial charge in [-0.1, -0.05) is 12.1 Å². The molecule has 1 aromatic carbocycles. The Morgan fingerprint density at radius 1 is 1.14 bits per heavy atom. The minimum absolute atomic E-state index is 0.171. The van der Waals surface area contributed by atoms with Crippen LogP contribution in [0, 0.1) is 0 Å². The zero-order valence-electron chi connectivity index (χ0n) is 12.2. The van der Waals surface area contributed by atoms with Crippen LogP contribution >= 0.6 is 0 Å². The third-order valence-electron chi connectivity index (χ3n) is 2.74. The van der Waals surface area contributed by atoms with Gasteiger partial charge in [-0.3, -0.25) is 4.57 Å². The topological polar surface area (TPSA) is 68.5 Å². The largest absolute Gasteiger partial charge is 0.478 e. The maximum Gasteiger partial charge on any atom is 0.418 e. The number of carboxylic acid groups (broad SMARTS) is 1. The van der Waals surface area contributed by atoms with Gasteiger partial charge in [-0.25, -0.2) is 9.59 Å². The minimum Gasteiger partial charge on any atom is -0.478 e. The number of hydrogen-bond donors (Lipinski definition) is 1. The van der Waals surface area contributed by atoms with Gasteiger partial charge >= 0.3 is 12.1 Å². The summed E-state index contributed by atoms with van der Waals surface area (Å²) >= 11 is 0. The second-order valence-corrected chi connectivity index (χ2v) is 5.63. The molecule has 5 heteroatoms.